The van der Waals surface area contributed by atoms with Crippen molar-refractivity contribution in [2.24, 2.45) is 11.7 Å². The molecule has 0 aliphatic rings. The number of nitrogens with two attached hydrogens (primary N) is 1. The van der Waals surface area contributed by atoms with E-state index in [0.717, 1.165) is 6.42 Å². The SMILES string of the molecule is Cc1cc(C(=O)NC(CN)CC(C)C)ccc1F.Cl. The summed E-state index contributed by atoms with van der Waals surface area (Å²) in [5.74, 6) is -0.0351. The zero-order valence-electron chi connectivity index (χ0n) is 11.6. The minimum Gasteiger partial charge on any atom is -0.348 e. The third-order valence-corrected chi connectivity index (χ3v) is 2.80. The van der Waals surface area contributed by atoms with Gasteiger partial charge in [0, 0.05) is 18.2 Å². The molecule has 0 radical (unpaired) electrons. The monoisotopic (exact) mass is 288 g/mol. The highest BCUT2D eigenvalue weighted by molar-refractivity contribution is 5.94. The molecule has 0 aliphatic heterocycles. The number of aryl methyl sites for hydroxylation is 1. The van der Waals surface area contributed by atoms with Crippen LogP contribution >= 0.6 is 12.4 Å². The molecule has 19 heavy (non-hydrogen) atoms. The summed E-state index contributed by atoms with van der Waals surface area (Å²) in [5, 5.41) is 2.87. The predicted molar refractivity (Wildman–Crippen MR) is 78.1 cm³/mol. The van der Waals surface area contributed by atoms with Crippen molar-refractivity contribution in [3.8, 4) is 0 Å². The summed E-state index contributed by atoms with van der Waals surface area (Å²) >= 11 is 0. The van der Waals surface area contributed by atoms with Crippen molar-refractivity contribution < 1.29 is 9.18 Å². The number of carbonyl (C=O) groups excluding carboxylic acids is 1. The number of hydrogen-bond acceptors (Lipinski definition) is 2. The van der Waals surface area contributed by atoms with Gasteiger partial charge in [0.05, 0.1) is 0 Å². The van der Waals surface area contributed by atoms with Gasteiger partial charge in [-0.25, -0.2) is 4.39 Å². The van der Waals surface area contributed by atoms with Gasteiger partial charge in [-0.3, -0.25) is 4.79 Å². The molecule has 0 fully saturated rings. The van der Waals surface area contributed by atoms with Gasteiger partial charge in [-0.2, -0.15) is 0 Å². The number of halogens is 2. The van der Waals surface area contributed by atoms with Crippen LogP contribution < -0.4 is 11.1 Å². The second kappa shape index (κ2) is 8.12. The number of amides is 1. The third-order valence-electron chi connectivity index (χ3n) is 2.80. The van der Waals surface area contributed by atoms with Gasteiger partial charge in [0.1, 0.15) is 5.82 Å². The molecule has 1 unspecified atom stereocenters. The lowest BCUT2D eigenvalue weighted by atomic mass is 10.0. The number of hydrogen-bond donors (Lipinski definition) is 2. The molecule has 1 aromatic carbocycles. The molecule has 0 saturated heterocycles. The Labute approximate surface area is 120 Å². The van der Waals surface area contributed by atoms with Gasteiger partial charge in [0.25, 0.3) is 5.91 Å². The minimum atomic E-state index is -0.302. The standard InChI is InChI=1S/C14H21FN2O.ClH/c1-9(2)6-12(8-16)17-14(18)11-4-5-13(15)10(3)7-11;/h4-5,7,9,12H,6,8,16H2,1-3H3,(H,17,18);1H. The molecule has 1 rings (SSSR count). The van der Waals surface area contributed by atoms with Gasteiger partial charge >= 0.3 is 0 Å². The largest absolute Gasteiger partial charge is 0.348 e. The van der Waals surface area contributed by atoms with Gasteiger partial charge in [-0.05, 0) is 43.0 Å². The van der Waals surface area contributed by atoms with Crippen molar-refractivity contribution in [2.75, 3.05) is 6.54 Å². The van der Waals surface area contributed by atoms with Gasteiger partial charge in [-0.1, -0.05) is 13.8 Å². The van der Waals surface area contributed by atoms with Crippen LogP contribution in [-0.4, -0.2) is 18.5 Å². The number of rotatable bonds is 5. The molecule has 3 nitrogen and oxygen atoms in total. The highest BCUT2D eigenvalue weighted by atomic mass is 35.5. The molecule has 0 aliphatic carbocycles. The first kappa shape index (κ1) is 17.9. The fourth-order valence-electron chi connectivity index (χ4n) is 1.84. The molecule has 108 valence electrons. The quantitative estimate of drug-likeness (QED) is 0.875. The second-order valence-electron chi connectivity index (χ2n) is 5.00. The highest BCUT2D eigenvalue weighted by Gasteiger charge is 2.14. The van der Waals surface area contributed by atoms with E-state index >= 15 is 0 Å². The molecule has 0 spiro atoms. The average molecular weight is 289 g/mol. The van der Waals surface area contributed by atoms with Crippen LogP contribution in [0.15, 0.2) is 18.2 Å². The van der Waals surface area contributed by atoms with Crippen molar-refractivity contribution >= 4 is 18.3 Å². The van der Waals surface area contributed by atoms with Crippen LogP contribution in [0, 0.1) is 18.7 Å². The Morgan fingerprint density at radius 2 is 2.05 bits per heavy atom. The fourth-order valence-corrected chi connectivity index (χ4v) is 1.84. The van der Waals surface area contributed by atoms with Crippen molar-refractivity contribution in [3.05, 3.63) is 35.1 Å². The summed E-state index contributed by atoms with van der Waals surface area (Å²) in [6, 6.07) is 4.31. The summed E-state index contributed by atoms with van der Waals surface area (Å²) in [4.78, 5) is 12.0. The van der Waals surface area contributed by atoms with Crippen LogP contribution in [0.1, 0.15) is 36.2 Å². The molecular weight excluding hydrogens is 267 g/mol. The predicted octanol–water partition coefficient (Wildman–Crippen LogP) is 2.66. The summed E-state index contributed by atoms with van der Waals surface area (Å²) in [6.07, 6.45) is 0.836. The van der Waals surface area contributed by atoms with Gasteiger partial charge in [0.15, 0.2) is 0 Å². The van der Waals surface area contributed by atoms with E-state index in [1.165, 1.54) is 12.1 Å². The Morgan fingerprint density at radius 1 is 1.42 bits per heavy atom. The Morgan fingerprint density at radius 3 is 2.53 bits per heavy atom. The Balaban J connectivity index is 0.00000324. The van der Waals surface area contributed by atoms with E-state index in [4.69, 9.17) is 5.73 Å². The maximum atomic E-state index is 13.1. The summed E-state index contributed by atoms with van der Waals surface area (Å²) in [6.45, 7) is 6.21. The smallest absolute Gasteiger partial charge is 0.251 e. The molecule has 0 saturated carbocycles. The molecule has 1 atom stereocenters. The van der Waals surface area contributed by atoms with E-state index in [9.17, 15) is 9.18 Å². The normalized spacial score (nSPS) is 11.9. The zero-order valence-corrected chi connectivity index (χ0v) is 12.4. The van der Waals surface area contributed by atoms with Crippen LogP contribution in [0.3, 0.4) is 0 Å². The van der Waals surface area contributed by atoms with Crippen molar-refractivity contribution in [1.29, 1.82) is 0 Å². The first-order valence-corrected chi connectivity index (χ1v) is 6.21. The summed E-state index contributed by atoms with van der Waals surface area (Å²) in [7, 11) is 0. The van der Waals surface area contributed by atoms with Gasteiger partial charge in [0.2, 0.25) is 0 Å². The highest BCUT2D eigenvalue weighted by Crippen LogP contribution is 2.10. The molecular formula is C14H22ClFN2O. The maximum Gasteiger partial charge on any atom is 0.251 e. The van der Waals surface area contributed by atoms with Crippen LogP contribution in [0.4, 0.5) is 4.39 Å². The minimum absolute atomic E-state index is 0. The van der Waals surface area contributed by atoms with Crippen LogP contribution in [0.25, 0.3) is 0 Å². The van der Waals surface area contributed by atoms with E-state index in [1.54, 1.807) is 13.0 Å². The van der Waals surface area contributed by atoms with Crippen molar-refractivity contribution in [2.45, 2.75) is 33.2 Å². The van der Waals surface area contributed by atoms with E-state index in [-0.39, 0.29) is 30.2 Å². The molecule has 3 N–H and O–H groups in total. The first-order valence-electron chi connectivity index (χ1n) is 6.21. The second-order valence-corrected chi connectivity index (χ2v) is 5.00. The molecule has 0 aromatic heterocycles. The Bertz CT molecular complexity index is 424. The Hall–Kier alpha value is -1.13. The zero-order chi connectivity index (χ0) is 13.7. The van der Waals surface area contributed by atoms with E-state index in [1.807, 2.05) is 0 Å². The first-order chi connectivity index (χ1) is 8.43. The van der Waals surface area contributed by atoms with E-state index < -0.39 is 0 Å². The van der Waals surface area contributed by atoms with Crippen molar-refractivity contribution in [3.63, 3.8) is 0 Å². The van der Waals surface area contributed by atoms with Crippen molar-refractivity contribution in [1.82, 2.24) is 5.32 Å². The lowest BCUT2D eigenvalue weighted by molar-refractivity contribution is 0.0933. The number of nitrogens with one attached hydrogen (secondary N) is 1. The van der Waals surface area contributed by atoms with Crippen LogP contribution in [0.2, 0.25) is 0 Å². The Kier molecular flexibility index (Phi) is 7.64. The lowest BCUT2D eigenvalue weighted by Gasteiger charge is -2.19. The molecule has 1 aromatic rings. The molecule has 0 heterocycles. The van der Waals surface area contributed by atoms with Crippen LogP contribution in [-0.2, 0) is 0 Å². The number of benzene rings is 1. The van der Waals surface area contributed by atoms with Gasteiger partial charge < -0.3 is 11.1 Å². The number of carbonyl (C=O) groups is 1. The fraction of sp³-hybridized carbons (Fsp3) is 0.500. The summed E-state index contributed by atoms with van der Waals surface area (Å²) in [5.41, 5.74) is 6.56. The third kappa shape index (κ3) is 5.57. The summed E-state index contributed by atoms with van der Waals surface area (Å²) < 4.78 is 13.1. The lowest BCUT2D eigenvalue weighted by Crippen LogP contribution is -2.41. The topological polar surface area (TPSA) is 55.1 Å². The van der Waals surface area contributed by atoms with Gasteiger partial charge in [-0.15, -0.1) is 12.4 Å². The maximum absolute atomic E-state index is 13.1. The molecule has 1 amide bonds. The van der Waals surface area contributed by atoms with Crippen LogP contribution in [0.5, 0.6) is 0 Å². The van der Waals surface area contributed by atoms with E-state index in [2.05, 4.69) is 19.2 Å². The average Bonchev–Trinajstić information content (AvgIpc) is 2.31. The van der Waals surface area contributed by atoms with E-state index in [0.29, 0.717) is 23.6 Å². The molecule has 5 heteroatoms. The molecule has 0 bridgehead atoms.